The molecule has 0 unspecified atom stereocenters. The summed E-state index contributed by atoms with van der Waals surface area (Å²) < 4.78 is 48.0. The second-order valence-electron chi connectivity index (χ2n) is 4.26. The standard InChI is InChI=1S/C15H12ClF3O2/c1-20-13-8-14(21-2)12(16)7-11(13)9-3-5-10(6-4-9)15(17,18)19/h3-8H,1-2H3. The topological polar surface area (TPSA) is 18.5 Å². The van der Waals surface area contributed by atoms with E-state index in [-0.39, 0.29) is 0 Å². The number of methoxy groups -OCH3 is 2. The van der Waals surface area contributed by atoms with Gasteiger partial charge in [-0.3, -0.25) is 0 Å². The molecule has 0 bridgehead atoms. The summed E-state index contributed by atoms with van der Waals surface area (Å²) in [5.41, 5.74) is 0.464. The van der Waals surface area contributed by atoms with E-state index in [1.807, 2.05) is 0 Å². The number of hydrogen-bond acceptors (Lipinski definition) is 2. The van der Waals surface area contributed by atoms with Crippen molar-refractivity contribution < 1.29 is 22.6 Å². The van der Waals surface area contributed by atoms with Crippen molar-refractivity contribution in [3.8, 4) is 22.6 Å². The molecule has 0 aliphatic carbocycles. The van der Waals surface area contributed by atoms with E-state index in [0.717, 1.165) is 12.1 Å². The van der Waals surface area contributed by atoms with E-state index in [9.17, 15) is 13.2 Å². The van der Waals surface area contributed by atoms with Crippen LogP contribution in [0.2, 0.25) is 5.02 Å². The number of ether oxygens (including phenoxy) is 2. The van der Waals surface area contributed by atoms with Crippen molar-refractivity contribution in [1.82, 2.24) is 0 Å². The maximum absolute atomic E-state index is 12.6. The average Bonchev–Trinajstić information content (AvgIpc) is 2.46. The minimum atomic E-state index is -4.36. The summed E-state index contributed by atoms with van der Waals surface area (Å²) in [5.74, 6) is 0.903. The molecule has 112 valence electrons. The minimum Gasteiger partial charge on any atom is -0.496 e. The molecule has 21 heavy (non-hydrogen) atoms. The molecule has 6 heteroatoms. The maximum Gasteiger partial charge on any atom is 0.416 e. The third-order valence-electron chi connectivity index (χ3n) is 3.00. The predicted octanol–water partition coefficient (Wildman–Crippen LogP) is 5.04. The first-order chi connectivity index (χ1) is 9.86. The normalized spacial score (nSPS) is 11.3. The Labute approximate surface area is 125 Å². The lowest BCUT2D eigenvalue weighted by molar-refractivity contribution is -0.137. The zero-order valence-electron chi connectivity index (χ0n) is 11.3. The second-order valence-corrected chi connectivity index (χ2v) is 4.67. The van der Waals surface area contributed by atoms with E-state index in [4.69, 9.17) is 21.1 Å². The van der Waals surface area contributed by atoms with Crippen LogP contribution in [0.25, 0.3) is 11.1 Å². The summed E-state index contributed by atoms with van der Waals surface area (Å²) in [4.78, 5) is 0. The number of rotatable bonds is 3. The van der Waals surface area contributed by atoms with E-state index in [1.54, 1.807) is 12.1 Å². The van der Waals surface area contributed by atoms with Crippen molar-refractivity contribution in [1.29, 1.82) is 0 Å². The fraction of sp³-hybridized carbons (Fsp3) is 0.200. The van der Waals surface area contributed by atoms with Crippen LogP contribution in [0.5, 0.6) is 11.5 Å². The Hall–Kier alpha value is -1.88. The van der Waals surface area contributed by atoms with Gasteiger partial charge in [0.15, 0.2) is 0 Å². The van der Waals surface area contributed by atoms with Gasteiger partial charge in [0.2, 0.25) is 0 Å². The Morgan fingerprint density at radius 3 is 1.95 bits per heavy atom. The van der Waals surface area contributed by atoms with Gasteiger partial charge < -0.3 is 9.47 Å². The first-order valence-corrected chi connectivity index (χ1v) is 6.33. The van der Waals surface area contributed by atoms with Crippen molar-refractivity contribution in [3.05, 3.63) is 47.0 Å². The van der Waals surface area contributed by atoms with E-state index < -0.39 is 11.7 Å². The van der Waals surface area contributed by atoms with Crippen molar-refractivity contribution in [2.24, 2.45) is 0 Å². The summed E-state index contributed by atoms with van der Waals surface area (Å²) in [6.45, 7) is 0. The van der Waals surface area contributed by atoms with Crippen LogP contribution in [0, 0.1) is 0 Å². The average molecular weight is 317 g/mol. The molecule has 2 rings (SSSR count). The number of hydrogen-bond donors (Lipinski definition) is 0. The summed E-state index contributed by atoms with van der Waals surface area (Å²) in [7, 11) is 2.94. The van der Waals surface area contributed by atoms with Gasteiger partial charge in [-0.1, -0.05) is 23.7 Å². The molecule has 0 atom stereocenters. The highest BCUT2D eigenvalue weighted by atomic mass is 35.5. The van der Waals surface area contributed by atoms with E-state index >= 15 is 0 Å². The highest BCUT2D eigenvalue weighted by Gasteiger charge is 2.30. The van der Waals surface area contributed by atoms with Crippen LogP contribution in [0.3, 0.4) is 0 Å². The number of halogens is 4. The summed E-state index contributed by atoms with van der Waals surface area (Å²) in [6.07, 6.45) is -4.36. The first-order valence-electron chi connectivity index (χ1n) is 5.96. The van der Waals surface area contributed by atoms with Crippen LogP contribution in [0.1, 0.15) is 5.56 Å². The first kappa shape index (κ1) is 15.5. The Morgan fingerprint density at radius 2 is 1.48 bits per heavy atom. The Bertz CT molecular complexity index is 637. The lowest BCUT2D eigenvalue weighted by Crippen LogP contribution is -2.04. The SMILES string of the molecule is COc1cc(OC)c(-c2ccc(C(F)(F)F)cc2)cc1Cl. The van der Waals surface area contributed by atoms with Gasteiger partial charge in [-0.15, -0.1) is 0 Å². The van der Waals surface area contributed by atoms with Crippen LogP contribution >= 0.6 is 11.6 Å². The van der Waals surface area contributed by atoms with E-state index in [0.29, 0.717) is 27.6 Å². The van der Waals surface area contributed by atoms with Crippen LogP contribution in [-0.4, -0.2) is 14.2 Å². The van der Waals surface area contributed by atoms with Crippen molar-refractivity contribution in [3.63, 3.8) is 0 Å². The summed E-state index contributed by atoms with van der Waals surface area (Å²) >= 11 is 6.05. The highest BCUT2D eigenvalue weighted by Crippen LogP contribution is 2.39. The molecule has 2 aromatic rings. The van der Waals surface area contributed by atoms with Gasteiger partial charge in [0, 0.05) is 11.6 Å². The maximum atomic E-state index is 12.6. The molecule has 0 aromatic heterocycles. The Balaban J connectivity index is 2.49. The quantitative estimate of drug-likeness (QED) is 0.789. The van der Waals surface area contributed by atoms with Gasteiger partial charge in [0.05, 0.1) is 24.8 Å². The number of benzene rings is 2. The van der Waals surface area contributed by atoms with Crippen LogP contribution in [0.4, 0.5) is 13.2 Å². The largest absolute Gasteiger partial charge is 0.496 e. The summed E-state index contributed by atoms with van der Waals surface area (Å²) in [5, 5.41) is 0.355. The van der Waals surface area contributed by atoms with Gasteiger partial charge >= 0.3 is 6.18 Å². The molecule has 0 radical (unpaired) electrons. The van der Waals surface area contributed by atoms with Crippen molar-refractivity contribution in [2.45, 2.75) is 6.18 Å². The molecule has 0 heterocycles. The molecule has 0 fully saturated rings. The van der Waals surface area contributed by atoms with Gasteiger partial charge in [0.1, 0.15) is 11.5 Å². The van der Waals surface area contributed by atoms with E-state index in [2.05, 4.69) is 0 Å². The van der Waals surface area contributed by atoms with E-state index in [1.165, 1.54) is 26.4 Å². The van der Waals surface area contributed by atoms with Crippen LogP contribution < -0.4 is 9.47 Å². The monoisotopic (exact) mass is 316 g/mol. The smallest absolute Gasteiger partial charge is 0.416 e. The molecule has 0 aliphatic rings. The van der Waals surface area contributed by atoms with Gasteiger partial charge in [-0.05, 0) is 23.8 Å². The molecule has 0 spiro atoms. The van der Waals surface area contributed by atoms with Gasteiger partial charge in [-0.2, -0.15) is 13.2 Å². The molecular formula is C15H12ClF3O2. The minimum absolute atomic E-state index is 0.355. The molecule has 0 aliphatic heterocycles. The van der Waals surface area contributed by atoms with Crippen LogP contribution in [0.15, 0.2) is 36.4 Å². The molecule has 0 saturated carbocycles. The number of alkyl halides is 3. The molecule has 0 saturated heterocycles. The van der Waals surface area contributed by atoms with Crippen LogP contribution in [-0.2, 0) is 6.18 Å². The molecule has 0 amide bonds. The predicted molar refractivity (Wildman–Crippen MR) is 75.0 cm³/mol. The third-order valence-corrected chi connectivity index (χ3v) is 3.29. The fourth-order valence-corrected chi connectivity index (χ4v) is 2.17. The molecule has 2 aromatic carbocycles. The zero-order valence-corrected chi connectivity index (χ0v) is 12.0. The fourth-order valence-electron chi connectivity index (χ4n) is 1.92. The molecule has 0 N–H and O–H groups in total. The molecule has 2 nitrogen and oxygen atoms in total. The zero-order chi connectivity index (χ0) is 15.6. The highest BCUT2D eigenvalue weighted by molar-refractivity contribution is 6.32. The van der Waals surface area contributed by atoms with Crippen molar-refractivity contribution >= 4 is 11.6 Å². The lowest BCUT2D eigenvalue weighted by atomic mass is 10.0. The lowest BCUT2D eigenvalue weighted by Gasteiger charge is -2.13. The van der Waals surface area contributed by atoms with Crippen molar-refractivity contribution in [2.75, 3.05) is 14.2 Å². The Morgan fingerprint density at radius 1 is 0.905 bits per heavy atom. The molecular weight excluding hydrogens is 305 g/mol. The Kier molecular flexibility index (Phi) is 4.32. The van der Waals surface area contributed by atoms with Gasteiger partial charge in [0.25, 0.3) is 0 Å². The van der Waals surface area contributed by atoms with Gasteiger partial charge in [-0.25, -0.2) is 0 Å². The second kappa shape index (κ2) is 5.85. The summed E-state index contributed by atoms with van der Waals surface area (Å²) in [6, 6.07) is 7.99. The third kappa shape index (κ3) is 3.24.